The van der Waals surface area contributed by atoms with Crippen LogP contribution in [-0.2, 0) is 0 Å². The molecule has 5 unspecified atom stereocenters. The highest BCUT2D eigenvalue weighted by Gasteiger charge is 2.66. The first-order chi connectivity index (χ1) is 9.72. The van der Waals surface area contributed by atoms with Crippen LogP contribution in [0.3, 0.4) is 0 Å². The summed E-state index contributed by atoms with van der Waals surface area (Å²) in [4.78, 5) is 0. The lowest BCUT2D eigenvalue weighted by Crippen LogP contribution is -2.26. The highest BCUT2D eigenvalue weighted by molar-refractivity contribution is 9.10. The monoisotopic (exact) mass is 337 g/mol. The van der Waals surface area contributed by atoms with Gasteiger partial charge in [0.25, 0.3) is 0 Å². The fourth-order valence-corrected chi connectivity index (χ4v) is 5.65. The second-order valence-corrected chi connectivity index (χ2v) is 7.60. The van der Waals surface area contributed by atoms with E-state index in [0.717, 1.165) is 35.8 Å². The van der Waals surface area contributed by atoms with Crippen LogP contribution in [0.5, 0.6) is 0 Å². The summed E-state index contributed by atoms with van der Waals surface area (Å²) in [6, 6.07) is 5.92. The molecule has 108 valence electrons. The zero-order valence-electron chi connectivity index (χ0n) is 11.8. The Morgan fingerprint density at radius 3 is 2.65 bits per heavy atom. The highest BCUT2D eigenvalue weighted by atomic mass is 79.9. The van der Waals surface area contributed by atoms with Crippen molar-refractivity contribution in [1.29, 1.82) is 0 Å². The average Bonchev–Trinajstić information content (AvgIpc) is 2.86. The average molecular weight is 338 g/mol. The van der Waals surface area contributed by atoms with Gasteiger partial charge in [-0.15, -0.1) is 0 Å². The molecule has 4 rings (SSSR count). The SMILES string of the molecule is CCNC(c1cccc(Br)c1F)C1C2C3CCC(C3)C21. The van der Waals surface area contributed by atoms with E-state index in [2.05, 4.69) is 28.2 Å². The molecule has 1 aromatic rings. The largest absolute Gasteiger partial charge is 0.310 e. The van der Waals surface area contributed by atoms with Crippen LogP contribution in [-0.4, -0.2) is 6.54 Å². The highest BCUT2D eigenvalue weighted by Crippen LogP contribution is 2.72. The number of benzene rings is 1. The Hall–Kier alpha value is -0.410. The van der Waals surface area contributed by atoms with E-state index in [1.807, 2.05) is 12.1 Å². The third-order valence-electron chi connectivity index (χ3n) is 5.92. The molecule has 1 N–H and O–H groups in total. The minimum absolute atomic E-state index is 0.0734. The number of halogens is 2. The number of hydrogen-bond donors (Lipinski definition) is 1. The van der Waals surface area contributed by atoms with Crippen LogP contribution in [0.1, 0.15) is 37.8 Å². The van der Waals surface area contributed by atoms with Gasteiger partial charge >= 0.3 is 0 Å². The quantitative estimate of drug-likeness (QED) is 0.850. The van der Waals surface area contributed by atoms with Crippen molar-refractivity contribution in [1.82, 2.24) is 5.32 Å². The summed E-state index contributed by atoms with van der Waals surface area (Å²) in [7, 11) is 0. The Bertz CT molecular complexity index is 516. The van der Waals surface area contributed by atoms with E-state index in [1.54, 1.807) is 6.07 Å². The van der Waals surface area contributed by atoms with Crippen molar-refractivity contribution in [3.63, 3.8) is 0 Å². The predicted octanol–water partition coefficient (Wildman–Crippen LogP) is 4.53. The first kappa shape index (κ1) is 13.3. The van der Waals surface area contributed by atoms with Crippen molar-refractivity contribution < 1.29 is 4.39 Å². The van der Waals surface area contributed by atoms with Gasteiger partial charge in [-0.3, -0.25) is 0 Å². The van der Waals surface area contributed by atoms with Crippen LogP contribution in [0.15, 0.2) is 22.7 Å². The van der Waals surface area contributed by atoms with E-state index < -0.39 is 0 Å². The molecule has 0 aliphatic heterocycles. The predicted molar refractivity (Wildman–Crippen MR) is 81.8 cm³/mol. The Labute approximate surface area is 128 Å². The maximum atomic E-state index is 14.5. The molecule has 0 heterocycles. The number of hydrogen-bond acceptors (Lipinski definition) is 1. The van der Waals surface area contributed by atoms with Crippen LogP contribution < -0.4 is 5.32 Å². The zero-order valence-corrected chi connectivity index (χ0v) is 13.4. The normalized spacial score (nSPS) is 38.9. The molecule has 0 amide bonds. The van der Waals surface area contributed by atoms with Crippen molar-refractivity contribution in [3.05, 3.63) is 34.1 Å². The van der Waals surface area contributed by atoms with Crippen molar-refractivity contribution in [2.45, 2.75) is 32.2 Å². The van der Waals surface area contributed by atoms with E-state index in [1.165, 1.54) is 19.3 Å². The van der Waals surface area contributed by atoms with Crippen LogP contribution in [0.25, 0.3) is 0 Å². The second kappa shape index (κ2) is 4.81. The van der Waals surface area contributed by atoms with Gasteiger partial charge in [-0.2, -0.15) is 0 Å². The number of rotatable bonds is 4. The molecule has 3 saturated carbocycles. The molecule has 0 spiro atoms. The van der Waals surface area contributed by atoms with Crippen LogP contribution >= 0.6 is 15.9 Å². The van der Waals surface area contributed by atoms with Gasteiger partial charge in [-0.25, -0.2) is 4.39 Å². The van der Waals surface area contributed by atoms with Gasteiger partial charge in [0.1, 0.15) is 5.82 Å². The molecular weight excluding hydrogens is 317 g/mol. The summed E-state index contributed by atoms with van der Waals surface area (Å²) in [5, 5.41) is 3.57. The van der Waals surface area contributed by atoms with Gasteiger partial charge in [0.2, 0.25) is 0 Å². The van der Waals surface area contributed by atoms with Gasteiger partial charge < -0.3 is 5.32 Å². The van der Waals surface area contributed by atoms with E-state index in [9.17, 15) is 4.39 Å². The third kappa shape index (κ3) is 1.82. The van der Waals surface area contributed by atoms with E-state index in [0.29, 0.717) is 10.4 Å². The molecule has 20 heavy (non-hydrogen) atoms. The van der Waals surface area contributed by atoms with E-state index >= 15 is 0 Å². The molecule has 0 aromatic heterocycles. The topological polar surface area (TPSA) is 12.0 Å². The Morgan fingerprint density at radius 1 is 1.30 bits per heavy atom. The molecular formula is C17H21BrFN. The third-order valence-corrected chi connectivity index (χ3v) is 6.53. The fraction of sp³-hybridized carbons (Fsp3) is 0.647. The molecule has 0 saturated heterocycles. The second-order valence-electron chi connectivity index (χ2n) is 6.74. The molecule has 1 nitrogen and oxygen atoms in total. The molecule has 3 heteroatoms. The first-order valence-electron chi connectivity index (χ1n) is 7.89. The minimum atomic E-state index is -0.0734. The minimum Gasteiger partial charge on any atom is -0.310 e. The number of fused-ring (bicyclic) bond motifs is 5. The molecule has 3 aliphatic carbocycles. The van der Waals surface area contributed by atoms with E-state index in [-0.39, 0.29) is 11.9 Å². The lowest BCUT2D eigenvalue weighted by molar-refractivity contribution is 0.366. The van der Waals surface area contributed by atoms with Gasteiger partial charge in [0.05, 0.1) is 4.47 Å². The smallest absolute Gasteiger partial charge is 0.142 e. The summed E-state index contributed by atoms with van der Waals surface area (Å²) >= 11 is 3.33. The van der Waals surface area contributed by atoms with Gasteiger partial charge in [0, 0.05) is 11.6 Å². The summed E-state index contributed by atoms with van der Waals surface area (Å²) in [5.41, 5.74) is 0.861. The lowest BCUT2D eigenvalue weighted by atomic mass is 9.92. The Kier molecular flexibility index (Phi) is 3.19. The van der Waals surface area contributed by atoms with Crippen molar-refractivity contribution in [2.24, 2.45) is 29.6 Å². The standard InChI is InChI=1S/C17H21BrFN/c1-2-20-17(11-4-3-5-12(18)16(11)19)15-13-9-6-7-10(8-9)14(13)15/h3-5,9-10,13-15,17,20H,2,6-8H2,1H3. The van der Waals surface area contributed by atoms with Crippen LogP contribution in [0.2, 0.25) is 0 Å². The summed E-state index contributed by atoms with van der Waals surface area (Å²) < 4.78 is 15.1. The zero-order chi connectivity index (χ0) is 13.9. The summed E-state index contributed by atoms with van der Waals surface area (Å²) in [6.45, 7) is 3.03. The van der Waals surface area contributed by atoms with Crippen LogP contribution in [0, 0.1) is 35.4 Å². The Morgan fingerprint density at radius 2 is 2.00 bits per heavy atom. The molecule has 3 fully saturated rings. The first-order valence-corrected chi connectivity index (χ1v) is 8.69. The maximum Gasteiger partial charge on any atom is 0.142 e. The molecule has 0 radical (unpaired) electrons. The molecule has 3 aliphatic rings. The fourth-order valence-electron chi connectivity index (χ4n) is 5.27. The van der Waals surface area contributed by atoms with Gasteiger partial charge in [0.15, 0.2) is 0 Å². The van der Waals surface area contributed by atoms with E-state index in [4.69, 9.17) is 0 Å². The van der Waals surface area contributed by atoms with Gasteiger partial charge in [-0.05, 0) is 77.4 Å². The van der Waals surface area contributed by atoms with Crippen molar-refractivity contribution >= 4 is 15.9 Å². The lowest BCUT2D eigenvalue weighted by Gasteiger charge is -2.22. The molecule has 5 atom stereocenters. The molecule has 1 aromatic carbocycles. The molecule has 2 bridgehead atoms. The van der Waals surface area contributed by atoms with Crippen molar-refractivity contribution in [2.75, 3.05) is 6.54 Å². The van der Waals surface area contributed by atoms with Crippen molar-refractivity contribution in [3.8, 4) is 0 Å². The summed E-state index contributed by atoms with van der Waals surface area (Å²) in [6.07, 6.45) is 4.29. The van der Waals surface area contributed by atoms with Gasteiger partial charge in [-0.1, -0.05) is 19.1 Å². The maximum absolute atomic E-state index is 14.5. The summed E-state index contributed by atoms with van der Waals surface area (Å²) in [5.74, 6) is 4.21. The Balaban J connectivity index is 1.64. The number of nitrogens with one attached hydrogen (secondary N) is 1. The van der Waals surface area contributed by atoms with Crippen LogP contribution in [0.4, 0.5) is 4.39 Å².